The Kier molecular flexibility index (Phi) is 6.78. The monoisotopic (exact) mass is 567 g/mol. The molecule has 0 saturated carbocycles. The molecule has 0 unspecified atom stereocenters. The van der Waals surface area contributed by atoms with Gasteiger partial charge in [0.1, 0.15) is 0 Å². The SMILES string of the molecule is CCOC(=O)C1=C(C)N=c2s/c(=C/c3c(-c4ccccc4)[nH]c4ccc(C)cc34)c(=O)n2[C@@H]1c1ccc(Cl)cc1. The van der Waals surface area contributed by atoms with E-state index in [1.807, 2.05) is 48.5 Å². The number of hydrogen-bond acceptors (Lipinski definition) is 5. The molecule has 0 radical (unpaired) electrons. The number of benzene rings is 3. The zero-order chi connectivity index (χ0) is 28.0. The lowest BCUT2D eigenvalue weighted by molar-refractivity contribution is -0.139. The molecule has 0 bridgehead atoms. The van der Waals surface area contributed by atoms with Crippen molar-refractivity contribution < 1.29 is 9.53 Å². The highest BCUT2D eigenvalue weighted by atomic mass is 35.5. The third-order valence-electron chi connectivity index (χ3n) is 7.03. The number of aromatic nitrogens is 2. The average Bonchev–Trinajstić information content (AvgIpc) is 3.45. The van der Waals surface area contributed by atoms with Crippen LogP contribution < -0.4 is 14.9 Å². The third-order valence-corrected chi connectivity index (χ3v) is 8.27. The van der Waals surface area contributed by atoms with E-state index in [2.05, 4.69) is 30.1 Å². The van der Waals surface area contributed by atoms with E-state index in [0.29, 0.717) is 25.6 Å². The van der Waals surface area contributed by atoms with E-state index in [9.17, 15) is 9.59 Å². The van der Waals surface area contributed by atoms with Crippen molar-refractivity contribution in [2.24, 2.45) is 4.99 Å². The number of esters is 1. The summed E-state index contributed by atoms with van der Waals surface area (Å²) in [5, 5.41) is 1.60. The van der Waals surface area contributed by atoms with Gasteiger partial charge in [0.2, 0.25) is 0 Å². The van der Waals surface area contributed by atoms with Crippen LogP contribution in [0.1, 0.15) is 36.6 Å². The van der Waals surface area contributed by atoms with Crippen LogP contribution in [0, 0.1) is 6.92 Å². The number of fused-ring (bicyclic) bond motifs is 2. The van der Waals surface area contributed by atoms with Crippen LogP contribution in [0.25, 0.3) is 28.2 Å². The number of H-pyrrole nitrogens is 1. The fourth-order valence-corrected chi connectivity index (χ4v) is 6.35. The van der Waals surface area contributed by atoms with Crippen LogP contribution in [-0.2, 0) is 9.53 Å². The molecule has 6 rings (SSSR count). The highest BCUT2D eigenvalue weighted by Gasteiger charge is 2.33. The summed E-state index contributed by atoms with van der Waals surface area (Å²) in [6, 6.07) is 22.8. The molecule has 3 heterocycles. The van der Waals surface area contributed by atoms with Gasteiger partial charge in [0.15, 0.2) is 4.80 Å². The van der Waals surface area contributed by atoms with Crippen molar-refractivity contribution in [3.05, 3.63) is 125 Å². The summed E-state index contributed by atoms with van der Waals surface area (Å²) in [6.07, 6.45) is 1.94. The second-order valence-electron chi connectivity index (χ2n) is 9.68. The summed E-state index contributed by atoms with van der Waals surface area (Å²) in [7, 11) is 0. The van der Waals surface area contributed by atoms with Crippen LogP contribution in [0.3, 0.4) is 0 Å². The summed E-state index contributed by atoms with van der Waals surface area (Å²) >= 11 is 7.48. The molecule has 200 valence electrons. The molecule has 6 nitrogen and oxygen atoms in total. The maximum absolute atomic E-state index is 14.1. The number of allylic oxidation sites excluding steroid dienone is 1. The van der Waals surface area contributed by atoms with E-state index in [0.717, 1.165) is 38.9 Å². The number of hydrogen-bond donors (Lipinski definition) is 1. The number of thiazole rings is 1. The summed E-state index contributed by atoms with van der Waals surface area (Å²) in [5.41, 5.74) is 6.40. The maximum Gasteiger partial charge on any atom is 0.338 e. The molecule has 1 aliphatic heterocycles. The van der Waals surface area contributed by atoms with Gasteiger partial charge in [-0.3, -0.25) is 9.36 Å². The Morgan fingerprint density at radius 3 is 2.58 bits per heavy atom. The Hall–Kier alpha value is -4.20. The zero-order valence-electron chi connectivity index (χ0n) is 22.2. The van der Waals surface area contributed by atoms with Crippen molar-refractivity contribution in [2.75, 3.05) is 6.61 Å². The first-order valence-electron chi connectivity index (χ1n) is 13.0. The van der Waals surface area contributed by atoms with E-state index >= 15 is 0 Å². The minimum absolute atomic E-state index is 0.218. The minimum atomic E-state index is -0.687. The molecule has 1 N–H and O–H groups in total. The predicted molar refractivity (Wildman–Crippen MR) is 160 cm³/mol. The van der Waals surface area contributed by atoms with Crippen molar-refractivity contribution in [3.63, 3.8) is 0 Å². The molecule has 0 fully saturated rings. The molecule has 0 spiro atoms. The third kappa shape index (κ3) is 4.51. The van der Waals surface area contributed by atoms with Gasteiger partial charge in [0.25, 0.3) is 5.56 Å². The number of halogens is 1. The van der Waals surface area contributed by atoms with E-state index in [-0.39, 0.29) is 12.2 Å². The van der Waals surface area contributed by atoms with Crippen LogP contribution in [0.2, 0.25) is 5.02 Å². The Balaban J connectivity index is 1.62. The summed E-state index contributed by atoms with van der Waals surface area (Å²) < 4.78 is 7.51. The first kappa shape index (κ1) is 26.0. The maximum atomic E-state index is 14.1. The number of nitrogens with one attached hydrogen (secondary N) is 1. The molecule has 1 atom stereocenters. The fraction of sp³-hybridized carbons (Fsp3) is 0.156. The highest BCUT2D eigenvalue weighted by molar-refractivity contribution is 7.07. The minimum Gasteiger partial charge on any atom is -0.463 e. The van der Waals surface area contributed by atoms with Gasteiger partial charge >= 0.3 is 5.97 Å². The van der Waals surface area contributed by atoms with Gasteiger partial charge in [-0.05, 0) is 62.2 Å². The number of rotatable bonds is 5. The first-order valence-corrected chi connectivity index (χ1v) is 14.2. The smallest absolute Gasteiger partial charge is 0.338 e. The largest absolute Gasteiger partial charge is 0.463 e. The Labute approximate surface area is 239 Å². The number of carbonyl (C=O) groups excluding carboxylic acids is 1. The molecule has 8 heteroatoms. The quantitative estimate of drug-likeness (QED) is 0.268. The second kappa shape index (κ2) is 10.4. The molecular formula is C32H26ClN3O3S. The van der Waals surface area contributed by atoms with E-state index < -0.39 is 12.0 Å². The number of aryl methyl sites for hydroxylation is 1. The van der Waals surface area contributed by atoms with E-state index in [4.69, 9.17) is 21.3 Å². The van der Waals surface area contributed by atoms with Crippen LogP contribution in [0.15, 0.2) is 93.9 Å². The fourth-order valence-electron chi connectivity index (χ4n) is 5.19. The van der Waals surface area contributed by atoms with Crippen molar-refractivity contribution in [1.82, 2.24) is 9.55 Å². The molecule has 5 aromatic rings. The number of ether oxygens (including phenoxy) is 1. The normalized spacial score (nSPS) is 15.3. The number of nitrogens with zero attached hydrogens (tertiary/aromatic N) is 2. The van der Waals surface area contributed by atoms with Gasteiger partial charge in [-0.25, -0.2) is 9.79 Å². The lowest BCUT2D eigenvalue weighted by atomic mass is 9.96. The Morgan fingerprint density at radius 1 is 1.10 bits per heavy atom. The summed E-state index contributed by atoms with van der Waals surface area (Å²) in [5.74, 6) is -0.489. The van der Waals surface area contributed by atoms with E-state index in [1.165, 1.54) is 11.3 Å². The van der Waals surface area contributed by atoms with Gasteiger partial charge in [-0.1, -0.05) is 77.0 Å². The lowest BCUT2D eigenvalue weighted by Crippen LogP contribution is -2.39. The molecule has 0 aliphatic carbocycles. The second-order valence-corrected chi connectivity index (χ2v) is 11.1. The lowest BCUT2D eigenvalue weighted by Gasteiger charge is -2.24. The van der Waals surface area contributed by atoms with Crippen molar-refractivity contribution in [3.8, 4) is 11.3 Å². The summed E-state index contributed by atoms with van der Waals surface area (Å²) in [4.78, 5) is 36.1. The first-order chi connectivity index (χ1) is 19.4. The van der Waals surface area contributed by atoms with Crippen molar-refractivity contribution >= 4 is 45.9 Å². The van der Waals surface area contributed by atoms with Crippen LogP contribution >= 0.6 is 22.9 Å². The van der Waals surface area contributed by atoms with Crippen LogP contribution in [-0.4, -0.2) is 22.1 Å². The molecule has 2 aromatic heterocycles. The standard InChI is InChI=1S/C32H26ClN3O3S/c1-4-39-31(38)27-19(3)34-32-36(29(27)21-11-13-22(33)14-12-21)30(37)26(40-32)17-24-23-16-18(2)10-15-25(23)35-28(24)20-8-6-5-7-9-20/h5-17,29,35H,4H2,1-3H3/b26-17+/t29-/m1/s1. The topological polar surface area (TPSA) is 76.4 Å². The Morgan fingerprint density at radius 2 is 1.85 bits per heavy atom. The van der Waals surface area contributed by atoms with Crippen molar-refractivity contribution in [1.29, 1.82) is 0 Å². The highest BCUT2D eigenvalue weighted by Crippen LogP contribution is 2.33. The van der Waals surface area contributed by atoms with E-state index in [1.54, 1.807) is 30.5 Å². The molecule has 40 heavy (non-hydrogen) atoms. The average molecular weight is 568 g/mol. The predicted octanol–water partition coefficient (Wildman–Crippen LogP) is 5.91. The van der Waals surface area contributed by atoms with Crippen LogP contribution in [0.4, 0.5) is 0 Å². The number of aromatic amines is 1. The van der Waals surface area contributed by atoms with Gasteiger partial charge in [-0.2, -0.15) is 0 Å². The molecule has 1 aliphatic rings. The van der Waals surface area contributed by atoms with Gasteiger partial charge in [0.05, 0.1) is 34.1 Å². The number of carbonyl (C=O) groups is 1. The van der Waals surface area contributed by atoms with Crippen molar-refractivity contribution in [2.45, 2.75) is 26.8 Å². The van der Waals surface area contributed by atoms with Gasteiger partial charge in [-0.15, -0.1) is 0 Å². The van der Waals surface area contributed by atoms with Crippen LogP contribution in [0.5, 0.6) is 0 Å². The molecule has 0 amide bonds. The van der Waals surface area contributed by atoms with Gasteiger partial charge in [0, 0.05) is 21.5 Å². The Bertz CT molecular complexity index is 1980. The summed E-state index contributed by atoms with van der Waals surface area (Å²) in [6.45, 7) is 5.81. The molecule has 3 aromatic carbocycles. The molecular weight excluding hydrogens is 542 g/mol. The zero-order valence-corrected chi connectivity index (χ0v) is 23.8. The molecule has 0 saturated heterocycles. The van der Waals surface area contributed by atoms with Gasteiger partial charge < -0.3 is 9.72 Å².